The lowest BCUT2D eigenvalue weighted by atomic mass is 9.94. The molecule has 4 heteroatoms. The van der Waals surface area contributed by atoms with E-state index in [0.29, 0.717) is 11.4 Å². The Kier molecular flexibility index (Phi) is 1.71. The first kappa shape index (κ1) is 8.71. The molecule has 0 unspecified atom stereocenters. The Labute approximate surface area is 87.4 Å². The molecule has 78 valence electrons. The van der Waals surface area contributed by atoms with Gasteiger partial charge in [0.1, 0.15) is 11.9 Å². The van der Waals surface area contributed by atoms with E-state index in [1.165, 1.54) is 0 Å². The number of hydrogen-bond acceptors (Lipinski definition) is 4. The standard InChI is InChI=1S/C11H12N2O2/c12-9-5-4-7-10(13-9)6-2-1-3-8(6)15-11(7)14/h4-6,8H,1-3H2,(H2,12,13)/t6-,8+/m1/s1. The van der Waals surface area contributed by atoms with E-state index in [4.69, 9.17) is 10.5 Å². The van der Waals surface area contributed by atoms with Gasteiger partial charge in [0.05, 0.1) is 11.3 Å². The molecule has 0 radical (unpaired) electrons. The number of nitrogens with two attached hydrogens (primary N) is 1. The van der Waals surface area contributed by atoms with E-state index >= 15 is 0 Å². The van der Waals surface area contributed by atoms with Crippen LogP contribution in [0.3, 0.4) is 0 Å². The van der Waals surface area contributed by atoms with Crippen LogP contribution < -0.4 is 5.73 Å². The zero-order valence-corrected chi connectivity index (χ0v) is 8.27. The third-order valence-corrected chi connectivity index (χ3v) is 3.23. The minimum atomic E-state index is -0.249. The molecule has 0 amide bonds. The maximum atomic E-state index is 11.6. The molecule has 2 atom stereocenters. The monoisotopic (exact) mass is 204 g/mol. The Hall–Kier alpha value is -1.58. The molecule has 2 heterocycles. The molecule has 2 N–H and O–H groups in total. The first-order chi connectivity index (χ1) is 7.25. The van der Waals surface area contributed by atoms with Crippen molar-refractivity contribution in [3.8, 4) is 0 Å². The van der Waals surface area contributed by atoms with Crippen molar-refractivity contribution in [2.75, 3.05) is 5.73 Å². The molecule has 1 aliphatic carbocycles. The molecule has 0 saturated heterocycles. The zero-order chi connectivity index (χ0) is 10.4. The maximum Gasteiger partial charge on any atom is 0.340 e. The highest BCUT2D eigenvalue weighted by Gasteiger charge is 2.39. The van der Waals surface area contributed by atoms with E-state index < -0.39 is 0 Å². The molecule has 4 nitrogen and oxygen atoms in total. The summed E-state index contributed by atoms with van der Waals surface area (Å²) in [6.45, 7) is 0. The lowest BCUT2D eigenvalue weighted by Crippen LogP contribution is -2.29. The first-order valence-electron chi connectivity index (χ1n) is 5.23. The van der Waals surface area contributed by atoms with E-state index in [0.717, 1.165) is 25.0 Å². The van der Waals surface area contributed by atoms with Crippen LogP contribution in [-0.4, -0.2) is 17.1 Å². The third-order valence-electron chi connectivity index (χ3n) is 3.23. The molecule has 2 aliphatic rings. The average molecular weight is 204 g/mol. The molecule has 1 saturated carbocycles. The van der Waals surface area contributed by atoms with Crippen molar-refractivity contribution in [2.45, 2.75) is 31.3 Å². The quantitative estimate of drug-likeness (QED) is 0.650. The number of pyridine rings is 1. The maximum absolute atomic E-state index is 11.6. The Morgan fingerprint density at radius 1 is 1.40 bits per heavy atom. The van der Waals surface area contributed by atoms with Gasteiger partial charge in [-0.3, -0.25) is 0 Å². The molecular weight excluding hydrogens is 192 g/mol. The second-order valence-corrected chi connectivity index (χ2v) is 4.15. The van der Waals surface area contributed by atoms with E-state index in [-0.39, 0.29) is 18.0 Å². The highest BCUT2D eigenvalue weighted by molar-refractivity contribution is 5.92. The van der Waals surface area contributed by atoms with Crippen LogP contribution in [0.5, 0.6) is 0 Å². The summed E-state index contributed by atoms with van der Waals surface area (Å²) in [5.41, 5.74) is 7.08. The van der Waals surface area contributed by atoms with Crippen LogP contribution in [-0.2, 0) is 4.74 Å². The van der Waals surface area contributed by atoms with Gasteiger partial charge in [0.25, 0.3) is 0 Å². The van der Waals surface area contributed by atoms with Crippen LogP contribution in [0.1, 0.15) is 41.2 Å². The molecule has 0 aromatic carbocycles. The van der Waals surface area contributed by atoms with Crippen LogP contribution in [0.4, 0.5) is 5.82 Å². The van der Waals surface area contributed by atoms with Crippen LogP contribution in [0.2, 0.25) is 0 Å². The molecule has 0 spiro atoms. The number of nitrogens with zero attached hydrogens (tertiary/aromatic N) is 1. The van der Waals surface area contributed by atoms with Crippen molar-refractivity contribution < 1.29 is 9.53 Å². The molecule has 0 bridgehead atoms. The van der Waals surface area contributed by atoms with Gasteiger partial charge in [0, 0.05) is 5.92 Å². The summed E-state index contributed by atoms with van der Waals surface area (Å²) in [6.07, 6.45) is 3.12. The van der Waals surface area contributed by atoms with Gasteiger partial charge in [-0.2, -0.15) is 0 Å². The van der Waals surface area contributed by atoms with E-state index in [1.807, 2.05) is 0 Å². The van der Waals surface area contributed by atoms with Crippen LogP contribution >= 0.6 is 0 Å². The fourth-order valence-corrected chi connectivity index (χ4v) is 2.53. The van der Waals surface area contributed by atoms with Crippen molar-refractivity contribution >= 4 is 11.8 Å². The van der Waals surface area contributed by atoms with Gasteiger partial charge in [-0.25, -0.2) is 9.78 Å². The van der Waals surface area contributed by atoms with Crippen molar-refractivity contribution in [1.82, 2.24) is 4.98 Å². The van der Waals surface area contributed by atoms with Gasteiger partial charge in [0.15, 0.2) is 0 Å². The summed E-state index contributed by atoms with van der Waals surface area (Å²) >= 11 is 0. The number of anilines is 1. The molecule has 3 rings (SSSR count). The molecular formula is C11H12N2O2. The van der Waals surface area contributed by atoms with Gasteiger partial charge in [-0.15, -0.1) is 0 Å². The number of carbonyl (C=O) groups is 1. The van der Waals surface area contributed by atoms with Gasteiger partial charge in [-0.1, -0.05) is 0 Å². The average Bonchev–Trinajstić information content (AvgIpc) is 2.65. The van der Waals surface area contributed by atoms with Gasteiger partial charge in [-0.05, 0) is 31.4 Å². The van der Waals surface area contributed by atoms with Gasteiger partial charge < -0.3 is 10.5 Å². The third kappa shape index (κ3) is 1.21. The fraction of sp³-hybridized carbons (Fsp3) is 0.455. The molecule has 1 aliphatic heterocycles. The molecule has 1 aromatic heterocycles. The lowest BCUT2D eigenvalue weighted by Gasteiger charge is -2.26. The molecule has 1 aromatic rings. The van der Waals surface area contributed by atoms with Crippen LogP contribution in [0, 0.1) is 0 Å². The largest absolute Gasteiger partial charge is 0.458 e. The number of rotatable bonds is 0. The predicted molar refractivity (Wildman–Crippen MR) is 54.4 cm³/mol. The minimum absolute atomic E-state index is 0.0271. The second-order valence-electron chi connectivity index (χ2n) is 4.15. The SMILES string of the molecule is Nc1ccc2c(n1)[C@@H]1CCC[C@@H]1OC2=O. The zero-order valence-electron chi connectivity index (χ0n) is 8.27. The Morgan fingerprint density at radius 3 is 3.13 bits per heavy atom. The van der Waals surface area contributed by atoms with Crippen molar-refractivity contribution in [3.63, 3.8) is 0 Å². The lowest BCUT2D eigenvalue weighted by molar-refractivity contribution is 0.0222. The van der Waals surface area contributed by atoms with E-state index in [2.05, 4.69) is 4.98 Å². The summed E-state index contributed by atoms with van der Waals surface area (Å²) in [7, 11) is 0. The second kappa shape index (κ2) is 2.95. The highest BCUT2D eigenvalue weighted by atomic mass is 16.5. The highest BCUT2D eigenvalue weighted by Crippen LogP contribution is 2.41. The fourth-order valence-electron chi connectivity index (χ4n) is 2.53. The number of fused-ring (bicyclic) bond motifs is 3. The van der Waals surface area contributed by atoms with Crippen molar-refractivity contribution in [1.29, 1.82) is 0 Å². The number of ether oxygens (including phenoxy) is 1. The topological polar surface area (TPSA) is 65.2 Å². The smallest absolute Gasteiger partial charge is 0.340 e. The Morgan fingerprint density at radius 2 is 2.27 bits per heavy atom. The van der Waals surface area contributed by atoms with E-state index in [1.54, 1.807) is 12.1 Å². The molecule has 15 heavy (non-hydrogen) atoms. The summed E-state index contributed by atoms with van der Waals surface area (Å²) in [6, 6.07) is 3.36. The number of hydrogen-bond donors (Lipinski definition) is 1. The summed E-state index contributed by atoms with van der Waals surface area (Å²) in [4.78, 5) is 15.9. The Bertz CT molecular complexity index is 431. The van der Waals surface area contributed by atoms with E-state index in [9.17, 15) is 4.79 Å². The molecule has 1 fully saturated rings. The number of carbonyl (C=O) groups excluding carboxylic acids is 1. The summed E-state index contributed by atoms with van der Waals surface area (Å²) < 4.78 is 5.36. The van der Waals surface area contributed by atoms with Crippen LogP contribution in [0.25, 0.3) is 0 Å². The van der Waals surface area contributed by atoms with Crippen LogP contribution in [0.15, 0.2) is 12.1 Å². The van der Waals surface area contributed by atoms with Crippen molar-refractivity contribution in [3.05, 3.63) is 23.4 Å². The first-order valence-corrected chi connectivity index (χ1v) is 5.23. The van der Waals surface area contributed by atoms with Gasteiger partial charge in [0.2, 0.25) is 0 Å². The predicted octanol–water partition coefficient (Wildman–Crippen LogP) is 1.47. The number of nitrogen functional groups attached to an aromatic ring is 1. The summed E-state index contributed by atoms with van der Waals surface area (Å²) in [5, 5.41) is 0. The van der Waals surface area contributed by atoms with Gasteiger partial charge >= 0.3 is 5.97 Å². The minimum Gasteiger partial charge on any atom is -0.458 e. The number of esters is 1. The Balaban J connectivity index is 2.15. The van der Waals surface area contributed by atoms with Crippen molar-refractivity contribution in [2.24, 2.45) is 0 Å². The summed E-state index contributed by atoms with van der Waals surface area (Å²) in [5.74, 6) is 0.496. The normalized spacial score (nSPS) is 28.1. The number of aromatic nitrogens is 1.